The highest BCUT2D eigenvalue weighted by molar-refractivity contribution is 7.80. The van der Waals surface area contributed by atoms with Crippen LogP contribution >= 0.6 is 12.6 Å². The molecule has 1 aliphatic rings. The number of likely N-dealkylation sites (tertiary alicyclic amines) is 1. The van der Waals surface area contributed by atoms with Crippen molar-refractivity contribution in [3.63, 3.8) is 0 Å². The van der Waals surface area contributed by atoms with Gasteiger partial charge in [0, 0.05) is 6.54 Å². The van der Waals surface area contributed by atoms with Gasteiger partial charge in [-0.15, -0.1) is 0 Å². The standard InChI is InChI=1S/C12H25NS/c1-12(2)7-6-9-13(11-12)8-4-3-5-10-14/h14H,3-11H2,1-2H3. The summed E-state index contributed by atoms with van der Waals surface area (Å²) in [4.78, 5) is 2.64. The maximum atomic E-state index is 4.23. The Morgan fingerprint density at radius 3 is 2.64 bits per heavy atom. The summed E-state index contributed by atoms with van der Waals surface area (Å²) in [7, 11) is 0. The van der Waals surface area contributed by atoms with Gasteiger partial charge in [-0.05, 0) is 49.9 Å². The van der Waals surface area contributed by atoms with Crippen LogP contribution in [-0.4, -0.2) is 30.3 Å². The number of unbranched alkanes of at least 4 members (excludes halogenated alkanes) is 2. The molecule has 0 atom stereocenters. The first kappa shape index (κ1) is 12.4. The quantitative estimate of drug-likeness (QED) is 0.544. The second-order valence-corrected chi connectivity index (χ2v) is 5.78. The topological polar surface area (TPSA) is 3.24 Å². The Morgan fingerprint density at radius 1 is 1.21 bits per heavy atom. The van der Waals surface area contributed by atoms with Crippen LogP contribution in [0.15, 0.2) is 0 Å². The van der Waals surface area contributed by atoms with Crippen molar-refractivity contribution >= 4 is 12.6 Å². The van der Waals surface area contributed by atoms with Gasteiger partial charge in [0.1, 0.15) is 0 Å². The normalized spacial score (nSPS) is 22.5. The molecular weight excluding hydrogens is 190 g/mol. The second-order valence-electron chi connectivity index (χ2n) is 5.33. The number of rotatable bonds is 5. The van der Waals surface area contributed by atoms with Crippen LogP contribution in [0.2, 0.25) is 0 Å². The molecule has 0 aromatic heterocycles. The maximum Gasteiger partial charge on any atom is 0.00327 e. The van der Waals surface area contributed by atoms with Crippen molar-refractivity contribution in [1.29, 1.82) is 0 Å². The molecular formula is C12H25NS. The summed E-state index contributed by atoms with van der Waals surface area (Å²) in [6.07, 6.45) is 6.77. The molecule has 0 bridgehead atoms. The second kappa shape index (κ2) is 6.02. The van der Waals surface area contributed by atoms with Gasteiger partial charge in [0.15, 0.2) is 0 Å². The van der Waals surface area contributed by atoms with E-state index >= 15 is 0 Å². The van der Waals surface area contributed by atoms with E-state index in [1.807, 2.05) is 0 Å². The smallest absolute Gasteiger partial charge is 0.00327 e. The van der Waals surface area contributed by atoms with Gasteiger partial charge in [0.05, 0.1) is 0 Å². The molecule has 0 radical (unpaired) electrons. The fourth-order valence-electron chi connectivity index (χ4n) is 2.36. The molecule has 1 nitrogen and oxygen atoms in total. The van der Waals surface area contributed by atoms with Crippen LogP contribution in [-0.2, 0) is 0 Å². The van der Waals surface area contributed by atoms with E-state index in [-0.39, 0.29) is 0 Å². The third kappa shape index (κ3) is 4.70. The maximum absolute atomic E-state index is 4.23. The summed E-state index contributed by atoms with van der Waals surface area (Å²) in [6.45, 7) is 8.72. The van der Waals surface area contributed by atoms with Crippen LogP contribution in [0.4, 0.5) is 0 Å². The molecule has 1 saturated heterocycles. The number of hydrogen-bond donors (Lipinski definition) is 1. The Morgan fingerprint density at radius 2 is 2.00 bits per heavy atom. The van der Waals surface area contributed by atoms with E-state index < -0.39 is 0 Å². The van der Waals surface area contributed by atoms with Gasteiger partial charge in [0.2, 0.25) is 0 Å². The molecule has 0 aliphatic carbocycles. The van der Waals surface area contributed by atoms with Crippen LogP contribution in [0.1, 0.15) is 46.0 Å². The lowest BCUT2D eigenvalue weighted by Crippen LogP contribution is -2.40. The van der Waals surface area contributed by atoms with Gasteiger partial charge >= 0.3 is 0 Å². The van der Waals surface area contributed by atoms with Gasteiger partial charge in [0.25, 0.3) is 0 Å². The minimum Gasteiger partial charge on any atom is -0.303 e. The molecule has 0 saturated carbocycles. The van der Waals surface area contributed by atoms with E-state index in [4.69, 9.17) is 0 Å². The summed E-state index contributed by atoms with van der Waals surface area (Å²) in [5.41, 5.74) is 0.557. The van der Waals surface area contributed by atoms with Crippen molar-refractivity contribution in [2.45, 2.75) is 46.0 Å². The largest absolute Gasteiger partial charge is 0.303 e. The number of thiol groups is 1. The molecule has 0 aromatic rings. The molecule has 1 rings (SSSR count). The summed E-state index contributed by atoms with van der Waals surface area (Å²) in [6, 6.07) is 0. The van der Waals surface area contributed by atoms with E-state index in [1.165, 1.54) is 51.7 Å². The fourth-order valence-corrected chi connectivity index (χ4v) is 2.58. The molecule has 14 heavy (non-hydrogen) atoms. The van der Waals surface area contributed by atoms with E-state index in [9.17, 15) is 0 Å². The minimum absolute atomic E-state index is 0.557. The van der Waals surface area contributed by atoms with Crippen molar-refractivity contribution < 1.29 is 0 Å². The summed E-state index contributed by atoms with van der Waals surface area (Å²) in [5, 5.41) is 0. The average Bonchev–Trinajstić information content (AvgIpc) is 2.11. The minimum atomic E-state index is 0.557. The average molecular weight is 215 g/mol. The highest BCUT2D eigenvalue weighted by Crippen LogP contribution is 2.28. The first-order chi connectivity index (χ1) is 6.64. The van der Waals surface area contributed by atoms with Crippen molar-refractivity contribution in [1.82, 2.24) is 4.90 Å². The van der Waals surface area contributed by atoms with Crippen molar-refractivity contribution in [2.24, 2.45) is 5.41 Å². The van der Waals surface area contributed by atoms with Crippen LogP contribution in [0.5, 0.6) is 0 Å². The highest BCUT2D eigenvalue weighted by atomic mass is 32.1. The first-order valence-electron chi connectivity index (χ1n) is 5.97. The zero-order valence-electron chi connectivity index (χ0n) is 9.76. The lowest BCUT2D eigenvalue weighted by Gasteiger charge is -2.38. The summed E-state index contributed by atoms with van der Waals surface area (Å²) < 4.78 is 0. The van der Waals surface area contributed by atoms with Gasteiger partial charge in [-0.1, -0.05) is 20.3 Å². The van der Waals surface area contributed by atoms with Gasteiger partial charge in [-0.25, -0.2) is 0 Å². The predicted molar refractivity (Wildman–Crippen MR) is 67.2 cm³/mol. The molecule has 1 fully saturated rings. The molecule has 1 heterocycles. The number of hydrogen-bond acceptors (Lipinski definition) is 2. The monoisotopic (exact) mass is 215 g/mol. The van der Waals surface area contributed by atoms with Crippen LogP contribution < -0.4 is 0 Å². The third-order valence-electron chi connectivity index (χ3n) is 3.11. The Hall–Kier alpha value is 0.310. The fraction of sp³-hybridized carbons (Fsp3) is 1.00. The molecule has 0 N–H and O–H groups in total. The van der Waals surface area contributed by atoms with E-state index in [0.29, 0.717) is 5.41 Å². The van der Waals surface area contributed by atoms with Crippen LogP contribution in [0.25, 0.3) is 0 Å². The van der Waals surface area contributed by atoms with E-state index in [2.05, 4.69) is 31.4 Å². The summed E-state index contributed by atoms with van der Waals surface area (Å²) in [5.74, 6) is 1.05. The van der Waals surface area contributed by atoms with Crippen molar-refractivity contribution in [3.05, 3.63) is 0 Å². The molecule has 0 unspecified atom stereocenters. The molecule has 84 valence electrons. The van der Waals surface area contributed by atoms with Gasteiger partial charge < -0.3 is 4.90 Å². The predicted octanol–water partition coefficient (Wildman–Crippen LogP) is 3.21. The van der Waals surface area contributed by atoms with Crippen LogP contribution in [0, 0.1) is 5.41 Å². The molecule has 0 aromatic carbocycles. The third-order valence-corrected chi connectivity index (χ3v) is 3.43. The zero-order valence-corrected chi connectivity index (χ0v) is 10.7. The van der Waals surface area contributed by atoms with Crippen LogP contribution in [0.3, 0.4) is 0 Å². The lowest BCUT2D eigenvalue weighted by molar-refractivity contribution is 0.116. The first-order valence-corrected chi connectivity index (χ1v) is 6.60. The van der Waals surface area contributed by atoms with Crippen molar-refractivity contribution in [3.8, 4) is 0 Å². The van der Waals surface area contributed by atoms with Crippen molar-refractivity contribution in [2.75, 3.05) is 25.4 Å². The Balaban J connectivity index is 2.12. The Labute approximate surface area is 94.7 Å². The number of piperidine rings is 1. The SMILES string of the molecule is CC1(C)CCCN(CCCCCS)C1. The summed E-state index contributed by atoms with van der Waals surface area (Å²) >= 11 is 4.23. The molecule has 0 amide bonds. The highest BCUT2D eigenvalue weighted by Gasteiger charge is 2.25. The Kier molecular flexibility index (Phi) is 5.32. The van der Waals surface area contributed by atoms with Gasteiger partial charge in [-0.3, -0.25) is 0 Å². The number of nitrogens with zero attached hydrogens (tertiary/aromatic N) is 1. The van der Waals surface area contributed by atoms with Gasteiger partial charge in [-0.2, -0.15) is 12.6 Å². The molecule has 2 heteroatoms. The Bertz CT molecular complexity index is 156. The molecule has 1 aliphatic heterocycles. The zero-order chi connectivity index (χ0) is 10.4. The van der Waals surface area contributed by atoms with E-state index in [0.717, 1.165) is 5.75 Å². The lowest BCUT2D eigenvalue weighted by atomic mass is 9.84. The van der Waals surface area contributed by atoms with E-state index in [1.54, 1.807) is 0 Å². The molecule has 0 spiro atoms.